The van der Waals surface area contributed by atoms with Gasteiger partial charge < -0.3 is 10.4 Å². The fourth-order valence-electron chi connectivity index (χ4n) is 2.89. The summed E-state index contributed by atoms with van der Waals surface area (Å²) in [6, 6.07) is 6.87. The third-order valence-electron chi connectivity index (χ3n) is 4.04. The molecule has 2 N–H and O–H groups in total. The monoisotopic (exact) mass is 297 g/mol. The van der Waals surface area contributed by atoms with Crippen LogP contribution in [0.1, 0.15) is 28.9 Å². The minimum absolute atomic E-state index is 0.251. The van der Waals surface area contributed by atoms with Crippen molar-refractivity contribution >= 4 is 5.97 Å². The summed E-state index contributed by atoms with van der Waals surface area (Å²) in [5, 5.41) is 12.6. The average Bonchev–Trinajstić information content (AvgIpc) is 2.56. The second-order valence-electron chi connectivity index (χ2n) is 5.66. The fourth-order valence-corrected chi connectivity index (χ4v) is 2.89. The van der Waals surface area contributed by atoms with Gasteiger partial charge >= 0.3 is 5.97 Å². The number of piperidine rings is 1. The van der Waals surface area contributed by atoms with Crippen LogP contribution in [0.4, 0.5) is 0 Å². The van der Waals surface area contributed by atoms with Gasteiger partial charge in [0.2, 0.25) is 0 Å². The van der Waals surface area contributed by atoms with E-state index in [1.165, 1.54) is 12.8 Å². The highest BCUT2D eigenvalue weighted by atomic mass is 16.4. The van der Waals surface area contributed by atoms with Gasteiger partial charge in [0.1, 0.15) is 0 Å². The summed E-state index contributed by atoms with van der Waals surface area (Å²) < 4.78 is 0. The van der Waals surface area contributed by atoms with Crippen LogP contribution in [-0.2, 0) is 6.42 Å². The molecule has 114 valence electrons. The number of carboxylic acid groups (broad SMARTS) is 1. The standard InChI is InChI=1S/C17H19N3O2/c21-17(22)15-6-2-1-5-14(15)16-11-19-13(10-20-16)8-12-4-3-7-18-9-12/h1-2,5-6,10-12,18H,3-4,7-9H2,(H,21,22)/t12-/m0/s1. The predicted molar refractivity (Wildman–Crippen MR) is 83.7 cm³/mol. The van der Waals surface area contributed by atoms with E-state index in [4.69, 9.17) is 0 Å². The van der Waals surface area contributed by atoms with Crippen LogP contribution in [0, 0.1) is 5.92 Å². The molecule has 0 aliphatic carbocycles. The van der Waals surface area contributed by atoms with Crippen molar-refractivity contribution in [2.24, 2.45) is 5.92 Å². The highest BCUT2D eigenvalue weighted by Gasteiger charge is 2.15. The number of aromatic nitrogens is 2. The number of carbonyl (C=O) groups is 1. The molecule has 0 bridgehead atoms. The summed E-state index contributed by atoms with van der Waals surface area (Å²) in [5.74, 6) is -0.338. The van der Waals surface area contributed by atoms with Gasteiger partial charge in [0, 0.05) is 11.8 Å². The summed E-state index contributed by atoms with van der Waals surface area (Å²) in [7, 11) is 0. The highest BCUT2D eigenvalue weighted by molar-refractivity contribution is 5.95. The molecule has 1 atom stereocenters. The van der Waals surface area contributed by atoms with Gasteiger partial charge in [-0.1, -0.05) is 18.2 Å². The number of aromatic carboxylic acids is 1. The molecule has 5 heteroatoms. The quantitative estimate of drug-likeness (QED) is 0.906. The van der Waals surface area contributed by atoms with Crippen molar-refractivity contribution in [3.8, 4) is 11.3 Å². The lowest BCUT2D eigenvalue weighted by Gasteiger charge is -2.22. The molecular formula is C17H19N3O2. The molecule has 0 spiro atoms. The van der Waals surface area contributed by atoms with Crippen LogP contribution in [0.5, 0.6) is 0 Å². The van der Waals surface area contributed by atoms with Gasteiger partial charge in [0.25, 0.3) is 0 Å². The van der Waals surface area contributed by atoms with Crippen molar-refractivity contribution in [2.45, 2.75) is 19.3 Å². The Labute approximate surface area is 129 Å². The van der Waals surface area contributed by atoms with E-state index in [1.807, 2.05) is 6.07 Å². The molecule has 1 aliphatic rings. The molecule has 22 heavy (non-hydrogen) atoms. The Kier molecular flexibility index (Phi) is 4.44. The van der Waals surface area contributed by atoms with Crippen LogP contribution in [0.15, 0.2) is 36.7 Å². The Hall–Kier alpha value is -2.27. The maximum Gasteiger partial charge on any atom is 0.336 e. The first kappa shape index (κ1) is 14.7. The van der Waals surface area contributed by atoms with E-state index in [-0.39, 0.29) is 5.56 Å². The van der Waals surface area contributed by atoms with Gasteiger partial charge in [-0.3, -0.25) is 9.97 Å². The maximum absolute atomic E-state index is 11.3. The van der Waals surface area contributed by atoms with E-state index < -0.39 is 5.97 Å². The number of nitrogens with one attached hydrogen (secondary N) is 1. The fraction of sp³-hybridized carbons (Fsp3) is 0.353. The van der Waals surface area contributed by atoms with Crippen molar-refractivity contribution in [1.29, 1.82) is 0 Å². The number of nitrogens with zero attached hydrogens (tertiary/aromatic N) is 2. The van der Waals surface area contributed by atoms with E-state index in [0.29, 0.717) is 17.2 Å². The Morgan fingerprint density at radius 1 is 1.27 bits per heavy atom. The SMILES string of the molecule is O=C(O)c1ccccc1-c1cnc(C[C@@H]2CCCNC2)cn1. The Morgan fingerprint density at radius 3 is 2.82 bits per heavy atom. The van der Waals surface area contributed by atoms with Crippen molar-refractivity contribution in [3.05, 3.63) is 47.9 Å². The van der Waals surface area contributed by atoms with E-state index in [9.17, 15) is 9.90 Å². The summed E-state index contributed by atoms with van der Waals surface area (Å²) in [4.78, 5) is 20.1. The molecule has 3 rings (SSSR count). The van der Waals surface area contributed by atoms with Gasteiger partial charge in [-0.05, 0) is 44.3 Å². The third kappa shape index (κ3) is 3.31. The molecule has 1 aromatic heterocycles. The molecular weight excluding hydrogens is 278 g/mol. The summed E-state index contributed by atoms with van der Waals surface area (Å²) >= 11 is 0. The minimum atomic E-state index is -0.949. The lowest BCUT2D eigenvalue weighted by molar-refractivity contribution is 0.0697. The van der Waals surface area contributed by atoms with Gasteiger partial charge in [0.15, 0.2) is 0 Å². The number of carboxylic acids is 1. The lowest BCUT2D eigenvalue weighted by atomic mass is 9.95. The third-order valence-corrected chi connectivity index (χ3v) is 4.04. The molecule has 0 radical (unpaired) electrons. The minimum Gasteiger partial charge on any atom is -0.478 e. The molecule has 0 unspecified atom stereocenters. The van der Waals surface area contributed by atoms with Crippen molar-refractivity contribution < 1.29 is 9.90 Å². The second-order valence-corrected chi connectivity index (χ2v) is 5.66. The van der Waals surface area contributed by atoms with Crippen LogP contribution in [0.3, 0.4) is 0 Å². The zero-order chi connectivity index (χ0) is 15.4. The smallest absolute Gasteiger partial charge is 0.336 e. The molecule has 0 saturated carbocycles. The Balaban J connectivity index is 1.78. The normalized spacial score (nSPS) is 18.1. The first-order valence-corrected chi connectivity index (χ1v) is 7.58. The molecule has 1 aromatic carbocycles. The van der Waals surface area contributed by atoms with E-state index in [2.05, 4.69) is 15.3 Å². The first-order valence-electron chi connectivity index (χ1n) is 7.58. The number of hydrogen-bond donors (Lipinski definition) is 2. The molecule has 2 aromatic rings. The van der Waals surface area contributed by atoms with Crippen molar-refractivity contribution in [1.82, 2.24) is 15.3 Å². The molecule has 1 saturated heterocycles. The zero-order valence-electron chi connectivity index (χ0n) is 12.3. The Bertz CT molecular complexity index is 649. The molecule has 5 nitrogen and oxygen atoms in total. The summed E-state index contributed by atoms with van der Waals surface area (Å²) in [6.45, 7) is 2.14. The zero-order valence-corrected chi connectivity index (χ0v) is 12.3. The van der Waals surface area contributed by atoms with Gasteiger partial charge in [0.05, 0.1) is 23.1 Å². The van der Waals surface area contributed by atoms with Crippen LogP contribution in [0.25, 0.3) is 11.3 Å². The van der Waals surface area contributed by atoms with Crippen LogP contribution >= 0.6 is 0 Å². The van der Waals surface area contributed by atoms with Crippen LogP contribution in [0.2, 0.25) is 0 Å². The number of rotatable bonds is 4. The maximum atomic E-state index is 11.3. The lowest BCUT2D eigenvalue weighted by Crippen LogP contribution is -2.31. The number of hydrogen-bond acceptors (Lipinski definition) is 4. The summed E-state index contributed by atoms with van der Waals surface area (Å²) in [6.07, 6.45) is 6.79. The summed E-state index contributed by atoms with van der Waals surface area (Å²) in [5.41, 5.74) is 2.42. The largest absolute Gasteiger partial charge is 0.478 e. The van der Waals surface area contributed by atoms with E-state index in [1.54, 1.807) is 30.6 Å². The van der Waals surface area contributed by atoms with Gasteiger partial charge in [-0.15, -0.1) is 0 Å². The second kappa shape index (κ2) is 6.66. The van der Waals surface area contributed by atoms with E-state index in [0.717, 1.165) is 25.2 Å². The van der Waals surface area contributed by atoms with Crippen molar-refractivity contribution in [2.75, 3.05) is 13.1 Å². The van der Waals surface area contributed by atoms with Crippen molar-refractivity contribution in [3.63, 3.8) is 0 Å². The van der Waals surface area contributed by atoms with Gasteiger partial charge in [-0.25, -0.2) is 4.79 Å². The average molecular weight is 297 g/mol. The van der Waals surface area contributed by atoms with E-state index >= 15 is 0 Å². The van der Waals surface area contributed by atoms with Crippen LogP contribution in [-0.4, -0.2) is 34.1 Å². The number of benzene rings is 1. The van der Waals surface area contributed by atoms with Gasteiger partial charge in [-0.2, -0.15) is 0 Å². The first-order chi connectivity index (χ1) is 10.7. The van der Waals surface area contributed by atoms with Crippen LogP contribution < -0.4 is 5.32 Å². The highest BCUT2D eigenvalue weighted by Crippen LogP contribution is 2.22. The molecule has 2 heterocycles. The predicted octanol–water partition coefficient (Wildman–Crippen LogP) is 2.38. The molecule has 0 amide bonds. The topological polar surface area (TPSA) is 75.1 Å². The molecule has 1 aliphatic heterocycles. The Morgan fingerprint density at radius 2 is 2.14 bits per heavy atom. The molecule has 1 fully saturated rings.